The number of likely N-dealkylation sites (N-methyl/N-ethyl adjacent to an activating group) is 1. The van der Waals surface area contributed by atoms with E-state index in [4.69, 9.17) is 91.8 Å². The molecule has 0 fully saturated rings. The van der Waals surface area contributed by atoms with E-state index in [1.54, 1.807) is 0 Å². The van der Waals surface area contributed by atoms with Gasteiger partial charge in [0.1, 0.15) is 19.7 Å². The van der Waals surface area contributed by atoms with Crippen molar-refractivity contribution in [1.29, 1.82) is 0 Å². The average Bonchev–Trinajstić information content (AvgIpc) is 0.688. The molecule has 274 valence electrons. The van der Waals surface area contributed by atoms with Gasteiger partial charge in [-0.05, 0) is 12.7 Å². The molecule has 9 nitrogen and oxygen atoms in total. The van der Waals surface area contributed by atoms with Gasteiger partial charge < -0.3 is 27.9 Å². The van der Waals surface area contributed by atoms with Crippen LogP contribution in [0.4, 0.5) is 0 Å². The van der Waals surface area contributed by atoms with Crippen molar-refractivity contribution < 1.29 is 134 Å². The van der Waals surface area contributed by atoms with Crippen LogP contribution in [0.15, 0.2) is 0 Å². The minimum absolute atomic E-state index is 2.64. The molecule has 0 amide bonds. The van der Waals surface area contributed by atoms with Crippen molar-refractivity contribution >= 4 is 19.8 Å². The van der Waals surface area contributed by atoms with Gasteiger partial charge in [0, 0.05) is 86.8 Å². The van der Waals surface area contributed by atoms with Crippen LogP contribution in [0.25, 0.3) is 0 Å². The van der Waals surface area contributed by atoms with E-state index in [1.165, 1.54) is 0 Å². The van der Waals surface area contributed by atoms with Crippen molar-refractivity contribution in [3.63, 3.8) is 0 Å². The summed E-state index contributed by atoms with van der Waals surface area (Å²) in [6, 6.07) is 0. The Morgan fingerprint density at radius 3 is 1.54 bits per heavy atom. The highest BCUT2D eigenvalue weighted by Gasteiger charge is 2.21. The van der Waals surface area contributed by atoms with Gasteiger partial charge in [-0.1, -0.05) is 141 Å². The third-order valence-electron chi connectivity index (χ3n) is 3.04. The molecule has 0 aliphatic heterocycles. The minimum Gasteiger partial charge on any atom is -0.756 e. The van der Waals surface area contributed by atoms with Gasteiger partial charge in [-0.25, -0.2) is 0 Å². The number of nitrogens with zero attached hydrogens (tertiary/aromatic N) is 1. The number of phosphoric ester groups is 1. The Hall–Kier alpha value is -0.990. The number of carbonyl (C=O) groups excluding carboxylic acids is 2. The fourth-order valence-corrected chi connectivity index (χ4v) is 2.13. The second-order valence-electron chi connectivity index (χ2n) is 6.34. The molecule has 0 radical (unpaired) electrons. The first-order valence-electron chi connectivity index (χ1n) is 44.5. The summed E-state index contributed by atoms with van der Waals surface area (Å²) in [6.45, 7) is -39.3. The van der Waals surface area contributed by atoms with Crippen LogP contribution in [-0.2, 0) is 32.7 Å². The van der Waals surface area contributed by atoms with E-state index >= 15 is 0 Å². The van der Waals surface area contributed by atoms with Crippen LogP contribution >= 0.6 is 7.82 Å². The van der Waals surface area contributed by atoms with Crippen LogP contribution in [0.2, 0.25) is 0 Å². The van der Waals surface area contributed by atoms with E-state index in [9.17, 15) is 19.0 Å². The Morgan fingerprint density at radius 1 is 0.652 bits per heavy atom. The lowest BCUT2D eigenvalue weighted by atomic mass is 10.1. The molecule has 0 N–H and O–H groups in total. The average molecular weight is 745 g/mol. The number of quaternary nitrogens is 1. The Balaban J connectivity index is 8.81. The number of hydrogen-bond acceptors (Lipinski definition) is 8. The third kappa shape index (κ3) is 32.9. The standard InChI is InChI=1S/C36H72NO8P/c1-6-8-10-12-14-16-18-20-22-24-26-28-35(38)42-32-34(33-44-46(40,41)43-31-30-37(3,4)5)45-36(39)29-27-25-23-21-19-17-15-13-11-9-7-2/h34H,6-33H2,1-5H3/t34-/m1/s1/i1D3,2D3,3D3,4D3,5D3,6D2,7D2,8D2,9D2,10D2,11D2,12D2,13D2,14D2,15D2,16D2,17D2,18D2,19D2,20D2,21D2,22D2,23D2,24D2,25D2,26D2,27D2,28D2,29D2,30D2,31D2. The minimum atomic E-state index is -7.40. The monoisotopic (exact) mass is 745 g/mol. The molecule has 0 saturated carbocycles. The smallest absolute Gasteiger partial charge is 0.306 e. The zero-order chi connectivity index (χ0) is 93.5. The number of phosphoric acid groups is 1. The second-order valence-corrected chi connectivity index (χ2v) is 7.68. The lowest BCUT2D eigenvalue weighted by Crippen LogP contribution is -2.37. The number of esters is 2. The molecule has 0 aliphatic rings. The van der Waals surface area contributed by atoms with Crippen LogP contribution in [0.1, 0.15) is 258 Å². The van der Waals surface area contributed by atoms with Crippen LogP contribution in [0.3, 0.4) is 0 Å². The van der Waals surface area contributed by atoms with E-state index in [-0.39, 0.29) is 0 Å². The zero-order valence-electron chi connectivity index (χ0n) is 89.7. The van der Waals surface area contributed by atoms with Crippen molar-refractivity contribution in [2.75, 3.05) is 47.2 Å². The van der Waals surface area contributed by atoms with E-state index in [1.807, 2.05) is 0 Å². The van der Waals surface area contributed by atoms with Crippen molar-refractivity contribution in [3.8, 4) is 0 Å². The topological polar surface area (TPSA) is 111 Å². The normalized spacial score (nSPS) is 44.8. The molecule has 0 aromatic rings. The fourth-order valence-electron chi connectivity index (χ4n) is 1.57. The first-order valence-corrected chi connectivity index (χ1v) is 12.5. The zero-order valence-corrected chi connectivity index (χ0v) is 23.5. The van der Waals surface area contributed by atoms with E-state index in [0.717, 1.165) is 0 Å². The van der Waals surface area contributed by atoms with Crippen LogP contribution in [-0.4, -0.2) is 69.7 Å². The quantitative estimate of drug-likeness (QED) is 0.0365. The lowest BCUT2D eigenvalue weighted by Gasteiger charge is -2.28. The molecule has 46 heavy (non-hydrogen) atoms. The van der Waals surface area contributed by atoms with Gasteiger partial charge in [0.15, 0.2) is 6.10 Å². The van der Waals surface area contributed by atoms with Crippen LogP contribution < -0.4 is 4.89 Å². The Labute approximate surface area is 377 Å². The highest BCUT2D eigenvalue weighted by molar-refractivity contribution is 7.45. The first kappa shape index (κ1) is 7.07. The maximum absolute atomic E-state index is 14.0. The van der Waals surface area contributed by atoms with Crippen molar-refractivity contribution in [2.24, 2.45) is 0 Å². The van der Waals surface area contributed by atoms with Gasteiger partial charge >= 0.3 is 11.9 Å². The Kier molecular flexibility index (Phi) is 4.63. The number of rotatable bonds is 34. The third-order valence-corrected chi connectivity index (χ3v) is 3.82. The van der Waals surface area contributed by atoms with Crippen molar-refractivity contribution in [2.45, 2.75) is 173 Å². The van der Waals surface area contributed by atoms with Gasteiger partial charge in [-0.2, -0.15) is 0 Å². The molecule has 2 atom stereocenters. The van der Waals surface area contributed by atoms with Gasteiger partial charge in [-0.3, -0.25) is 14.2 Å². The molecule has 1 unspecified atom stereocenters. The van der Waals surface area contributed by atoms with Gasteiger partial charge in [0.25, 0.3) is 7.82 Å². The molecule has 0 aromatic heterocycles. The van der Waals surface area contributed by atoms with Gasteiger partial charge in [0.2, 0.25) is 0 Å². The molecular weight excluding hydrogens is 605 g/mol. The number of hydrogen-bond donors (Lipinski definition) is 0. The lowest BCUT2D eigenvalue weighted by molar-refractivity contribution is -0.870. The van der Waals surface area contributed by atoms with Crippen molar-refractivity contribution in [3.05, 3.63) is 0 Å². The number of carbonyl (C=O) groups is 2. The predicted octanol–water partition coefficient (Wildman–Crippen LogP) is 9.05. The largest absolute Gasteiger partial charge is 0.756 e. The van der Waals surface area contributed by atoms with Crippen molar-refractivity contribution in [1.82, 2.24) is 0 Å². The molecule has 0 rings (SSSR count). The summed E-state index contributed by atoms with van der Waals surface area (Å²) < 4.78 is 569. The highest BCUT2D eigenvalue weighted by atomic mass is 31.2. The summed E-state index contributed by atoms with van der Waals surface area (Å²) >= 11 is 0. The van der Waals surface area contributed by atoms with Crippen LogP contribution in [0.5, 0.6) is 0 Å². The molecule has 0 heterocycles. The SMILES string of the molecule is [2H]C([2H])([2H])C([2H])([2H])C([2H])([2H])C([2H])([2H])C([2H])([2H])C([2H])([2H])C([2H])([2H])C([2H])([2H])C([2H])([2H])C([2H])([2H])C([2H])([2H])C([2H])([2H])C([2H])([2H])C(=O)OC[C@H](COP(=O)([O-])OC([2H])([2H])C([2H])([2H])[N+](C([2H])([2H])[2H])(C([2H])([2H])[2H])C([2H])([2H])[2H])OC(=O)C([2H])([2H])C([2H])([2H])C([2H])([2H])C([2H])([2H])C([2H])([2H])C([2H])([2H])C([2H])([2H])C([2H])([2H])C([2H])([2H])C([2H])([2H])C([2H])([2H])C([2H])([2H])C([2H])([2H])[2H]. The Morgan fingerprint density at radius 2 is 1.09 bits per heavy atom. The second kappa shape index (κ2) is 30.1. The maximum atomic E-state index is 14.0. The highest BCUT2D eigenvalue weighted by Crippen LogP contribution is 2.38. The van der Waals surface area contributed by atoms with Crippen LogP contribution in [0, 0.1) is 0 Å². The van der Waals surface area contributed by atoms with Gasteiger partial charge in [0.05, 0.1) is 45.4 Å². The molecule has 0 bridgehead atoms. The summed E-state index contributed by atoms with van der Waals surface area (Å²) in [4.78, 5) is 41.4. The molecular formula is C36H72NO8P. The van der Waals surface area contributed by atoms with Gasteiger partial charge in [-0.15, -0.1) is 0 Å². The summed E-state index contributed by atoms with van der Waals surface area (Å²) in [7, 11) is -7.40. The first-order chi connectivity index (χ1) is 47.6. The summed E-state index contributed by atoms with van der Waals surface area (Å²) in [5, 5.41) is 0. The summed E-state index contributed by atoms with van der Waals surface area (Å²) in [5.41, 5.74) is 0. The molecule has 0 saturated heterocycles. The predicted molar refractivity (Wildman–Crippen MR) is 185 cm³/mol. The summed E-state index contributed by atoms with van der Waals surface area (Å²) in [5.74, 6) is -6.67. The fraction of sp³-hybridized carbons (Fsp3) is 0.944. The Bertz CT molecular complexity index is 3430. The molecule has 0 aromatic carbocycles. The van der Waals surface area contributed by atoms with E-state index < -0.39 is 244 Å². The van der Waals surface area contributed by atoms with E-state index in [2.05, 4.69) is 18.5 Å². The summed E-state index contributed by atoms with van der Waals surface area (Å²) in [6.07, 6.45) is -131. The maximum Gasteiger partial charge on any atom is 0.306 e. The molecule has 0 aliphatic carbocycles. The number of ether oxygens (including phenoxy) is 2. The van der Waals surface area contributed by atoms with E-state index in [0.29, 0.717) is 0 Å². The molecule has 0 spiro atoms. The molecule has 10 heteroatoms.